The quantitative estimate of drug-likeness (QED) is 0.208. The van der Waals surface area contributed by atoms with Crippen LogP contribution in [0.1, 0.15) is 6.92 Å². The van der Waals surface area contributed by atoms with Crippen molar-refractivity contribution in [1.29, 1.82) is 0 Å². The number of amides is 1. The van der Waals surface area contributed by atoms with Crippen LogP contribution in [0.5, 0.6) is 0 Å². The van der Waals surface area contributed by atoms with Gasteiger partial charge in [0.15, 0.2) is 0 Å². The lowest BCUT2D eigenvalue weighted by Gasteiger charge is -2.41. The standard InChI is InChI=1S/C29H28F3N7O2/c1-3-24(41)36-23-14-18(10-11-33-23)25-22(30)9-4-19-15-34-29(37-26(19)25)35-20-5-7-21(8-6-20)39-13-12-38(16-17(2)40)27(31)28(39)32/h3-11,14-15,17,27-28,40H,1,12-13,16H2,2H3,(H,33,36,41)(H,34,35,37). The number of rotatable bonds is 8. The van der Waals surface area contributed by atoms with Crippen molar-refractivity contribution in [3.63, 3.8) is 0 Å². The Morgan fingerprint density at radius 3 is 2.66 bits per heavy atom. The molecule has 0 spiro atoms. The lowest BCUT2D eigenvalue weighted by atomic mass is 10.0. The van der Waals surface area contributed by atoms with Crippen molar-refractivity contribution >= 4 is 40.0 Å². The first-order valence-corrected chi connectivity index (χ1v) is 12.9. The fourth-order valence-corrected chi connectivity index (χ4v) is 4.71. The number of nitrogens with one attached hydrogen (secondary N) is 2. The van der Waals surface area contributed by atoms with E-state index in [4.69, 9.17) is 0 Å². The maximum atomic E-state index is 15.1. The van der Waals surface area contributed by atoms with E-state index < -0.39 is 30.4 Å². The number of anilines is 4. The van der Waals surface area contributed by atoms with Gasteiger partial charge in [-0.1, -0.05) is 6.58 Å². The van der Waals surface area contributed by atoms with Gasteiger partial charge in [0.25, 0.3) is 0 Å². The Hall–Kier alpha value is -4.55. The van der Waals surface area contributed by atoms with Crippen molar-refractivity contribution in [3.05, 3.63) is 79.4 Å². The summed E-state index contributed by atoms with van der Waals surface area (Å²) in [6.07, 6.45) is -0.365. The fourth-order valence-electron chi connectivity index (χ4n) is 4.71. The number of piperazine rings is 1. The molecule has 0 bridgehead atoms. The average Bonchev–Trinajstić information content (AvgIpc) is 2.96. The van der Waals surface area contributed by atoms with Crippen molar-refractivity contribution in [2.75, 3.05) is 35.2 Å². The van der Waals surface area contributed by atoms with Crippen molar-refractivity contribution in [3.8, 4) is 11.1 Å². The Bertz CT molecular complexity index is 1570. The summed E-state index contributed by atoms with van der Waals surface area (Å²) in [6, 6.07) is 12.7. The highest BCUT2D eigenvalue weighted by molar-refractivity contribution is 5.99. The van der Waals surface area contributed by atoms with E-state index in [0.29, 0.717) is 27.8 Å². The summed E-state index contributed by atoms with van der Waals surface area (Å²) in [7, 11) is 0. The smallest absolute Gasteiger partial charge is 0.248 e. The second kappa shape index (κ2) is 11.9. The largest absolute Gasteiger partial charge is 0.392 e. The Morgan fingerprint density at radius 2 is 1.93 bits per heavy atom. The molecule has 41 heavy (non-hydrogen) atoms. The zero-order valence-electron chi connectivity index (χ0n) is 22.1. The van der Waals surface area contributed by atoms with E-state index >= 15 is 4.39 Å². The molecule has 1 saturated heterocycles. The van der Waals surface area contributed by atoms with Gasteiger partial charge in [0.2, 0.25) is 24.4 Å². The van der Waals surface area contributed by atoms with E-state index in [-0.39, 0.29) is 37.0 Å². The molecular formula is C29H28F3N7O2. The Kier molecular flexibility index (Phi) is 8.13. The number of fused-ring (bicyclic) bond motifs is 1. The van der Waals surface area contributed by atoms with Crippen LogP contribution in [0.15, 0.2) is 73.6 Å². The van der Waals surface area contributed by atoms with Crippen LogP contribution >= 0.6 is 0 Å². The predicted octanol–water partition coefficient (Wildman–Crippen LogP) is 4.79. The van der Waals surface area contributed by atoms with Crippen LogP contribution in [-0.4, -0.2) is 69.2 Å². The first-order chi connectivity index (χ1) is 19.7. The molecule has 5 rings (SSSR count). The average molecular weight is 564 g/mol. The van der Waals surface area contributed by atoms with Crippen LogP contribution in [0.3, 0.4) is 0 Å². The molecule has 212 valence electrons. The first-order valence-electron chi connectivity index (χ1n) is 12.9. The van der Waals surface area contributed by atoms with Gasteiger partial charge in [-0.15, -0.1) is 0 Å². The number of halogens is 3. The Balaban J connectivity index is 1.37. The maximum Gasteiger partial charge on any atom is 0.248 e. The number of benzene rings is 2. The molecule has 1 fully saturated rings. The zero-order chi connectivity index (χ0) is 29.1. The van der Waals surface area contributed by atoms with Gasteiger partial charge in [-0.25, -0.2) is 28.1 Å². The number of aliphatic hydroxyl groups excluding tert-OH is 1. The number of hydrogen-bond acceptors (Lipinski definition) is 8. The topological polar surface area (TPSA) is 107 Å². The molecule has 0 radical (unpaired) electrons. The summed E-state index contributed by atoms with van der Waals surface area (Å²) in [6.45, 7) is 5.55. The molecule has 3 atom stereocenters. The third kappa shape index (κ3) is 6.13. The number of β-amino-alcohol motifs (C(OH)–C–C–N with tert-alkyl or cyclic N) is 1. The van der Waals surface area contributed by atoms with E-state index in [0.717, 1.165) is 6.08 Å². The molecule has 0 saturated carbocycles. The third-order valence-corrected chi connectivity index (χ3v) is 6.64. The number of aromatic nitrogens is 3. The Labute approximate surface area is 234 Å². The zero-order valence-corrected chi connectivity index (χ0v) is 22.1. The lowest BCUT2D eigenvalue weighted by Crippen LogP contribution is -2.57. The third-order valence-electron chi connectivity index (χ3n) is 6.64. The van der Waals surface area contributed by atoms with Gasteiger partial charge in [0, 0.05) is 54.4 Å². The number of nitrogens with zero attached hydrogens (tertiary/aromatic N) is 5. The van der Waals surface area contributed by atoms with Crippen molar-refractivity contribution in [1.82, 2.24) is 19.9 Å². The van der Waals surface area contributed by atoms with Crippen molar-refractivity contribution in [2.24, 2.45) is 0 Å². The molecule has 1 aliphatic rings. The van der Waals surface area contributed by atoms with E-state index in [1.807, 2.05) is 0 Å². The molecular weight excluding hydrogens is 535 g/mol. The van der Waals surface area contributed by atoms with Gasteiger partial charge in [0.05, 0.1) is 11.6 Å². The summed E-state index contributed by atoms with van der Waals surface area (Å²) in [5, 5.41) is 15.8. The van der Waals surface area contributed by atoms with Gasteiger partial charge >= 0.3 is 0 Å². The molecule has 4 aromatic rings. The SMILES string of the molecule is C=CC(=O)Nc1cc(-c2c(F)ccc3cnc(Nc4ccc(N5CCN(CC(C)O)C(F)C5F)cc4)nc23)ccn1. The molecule has 3 heterocycles. The van der Waals surface area contributed by atoms with Gasteiger partial charge in [-0.3, -0.25) is 9.69 Å². The molecule has 12 heteroatoms. The second-order valence-electron chi connectivity index (χ2n) is 9.63. The number of aliphatic hydroxyl groups is 1. The van der Waals surface area contributed by atoms with Gasteiger partial charge in [-0.05, 0) is 67.1 Å². The second-order valence-corrected chi connectivity index (χ2v) is 9.63. The number of carbonyl (C=O) groups is 1. The van der Waals surface area contributed by atoms with Crippen LogP contribution in [0.4, 0.5) is 36.3 Å². The highest BCUT2D eigenvalue weighted by Gasteiger charge is 2.37. The molecule has 3 N–H and O–H groups in total. The van der Waals surface area contributed by atoms with Crippen molar-refractivity contribution < 1.29 is 23.1 Å². The van der Waals surface area contributed by atoms with Crippen LogP contribution in [0, 0.1) is 5.82 Å². The molecule has 1 amide bonds. The van der Waals surface area contributed by atoms with E-state index in [2.05, 4.69) is 32.2 Å². The number of carbonyl (C=O) groups excluding carboxylic acids is 1. The number of alkyl halides is 2. The first kappa shape index (κ1) is 28.0. The summed E-state index contributed by atoms with van der Waals surface area (Å²) in [5.41, 5.74) is 2.10. The minimum atomic E-state index is -1.88. The minimum Gasteiger partial charge on any atom is -0.392 e. The molecule has 3 unspecified atom stereocenters. The number of hydrogen-bond donors (Lipinski definition) is 3. The molecule has 2 aromatic heterocycles. The van der Waals surface area contributed by atoms with Gasteiger partial charge in [0.1, 0.15) is 11.6 Å². The van der Waals surface area contributed by atoms with E-state index in [9.17, 15) is 18.7 Å². The van der Waals surface area contributed by atoms with Crippen LogP contribution in [-0.2, 0) is 4.79 Å². The lowest BCUT2D eigenvalue weighted by molar-refractivity contribution is -0.111. The molecule has 2 aromatic carbocycles. The maximum absolute atomic E-state index is 15.1. The van der Waals surface area contributed by atoms with Crippen LogP contribution < -0.4 is 15.5 Å². The number of pyridine rings is 1. The monoisotopic (exact) mass is 563 g/mol. The normalized spacial score (nSPS) is 18.2. The predicted molar refractivity (Wildman–Crippen MR) is 152 cm³/mol. The minimum absolute atomic E-state index is 0.0594. The summed E-state index contributed by atoms with van der Waals surface area (Å²) in [5.74, 6) is -0.530. The van der Waals surface area contributed by atoms with Gasteiger partial charge < -0.3 is 20.6 Å². The van der Waals surface area contributed by atoms with Crippen LogP contribution in [0.25, 0.3) is 22.0 Å². The van der Waals surface area contributed by atoms with Crippen LogP contribution in [0.2, 0.25) is 0 Å². The van der Waals surface area contributed by atoms with E-state index in [1.165, 1.54) is 35.1 Å². The Morgan fingerprint density at radius 1 is 1.15 bits per heavy atom. The molecule has 0 aliphatic carbocycles. The fraction of sp³-hybridized carbons (Fsp3) is 0.241. The molecule has 1 aliphatic heterocycles. The highest BCUT2D eigenvalue weighted by Crippen LogP contribution is 2.32. The summed E-state index contributed by atoms with van der Waals surface area (Å²) in [4.78, 5) is 27.3. The molecule has 9 nitrogen and oxygen atoms in total. The van der Waals surface area contributed by atoms with Crippen molar-refractivity contribution in [2.45, 2.75) is 25.6 Å². The highest BCUT2D eigenvalue weighted by atomic mass is 19.2. The van der Waals surface area contributed by atoms with E-state index in [1.54, 1.807) is 42.6 Å². The summed E-state index contributed by atoms with van der Waals surface area (Å²) >= 11 is 0. The van der Waals surface area contributed by atoms with Gasteiger partial charge in [-0.2, -0.15) is 0 Å². The summed E-state index contributed by atoms with van der Waals surface area (Å²) < 4.78 is 44.6.